The molecule has 1 unspecified atom stereocenters. The molecule has 2 aliphatic heterocycles. The Morgan fingerprint density at radius 1 is 1.26 bits per heavy atom. The summed E-state index contributed by atoms with van der Waals surface area (Å²) >= 11 is 6.01. The van der Waals surface area contributed by atoms with Gasteiger partial charge in [0.25, 0.3) is 0 Å². The first kappa shape index (κ1) is 19.5. The number of benzene rings is 1. The summed E-state index contributed by atoms with van der Waals surface area (Å²) < 4.78 is 5.66. The fourth-order valence-corrected chi connectivity index (χ4v) is 3.78. The van der Waals surface area contributed by atoms with Crippen LogP contribution < -0.4 is 4.74 Å². The number of likely N-dealkylation sites (tertiary alicyclic amines) is 1. The molecule has 2 heterocycles. The molecule has 146 valence electrons. The van der Waals surface area contributed by atoms with E-state index in [1.54, 1.807) is 30.1 Å². The number of hydrogen-bond donors (Lipinski definition) is 1. The van der Waals surface area contributed by atoms with Crippen molar-refractivity contribution in [2.24, 2.45) is 11.8 Å². The van der Waals surface area contributed by atoms with E-state index in [9.17, 15) is 14.4 Å². The molecule has 0 saturated carbocycles. The monoisotopic (exact) mass is 394 g/mol. The molecule has 0 aromatic heterocycles. The zero-order valence-electron chi connectivity index (χ0n) is 15.2. The lowest BCUT2D eigenvalue weighted by Gasteiger charge is -2.32. The molecule has 2 amide bonds. The highest BCUT2D eigenvalue weighted by molar-refractivity contribution is 6.30. The summed E-state index contributed by atoms with van der Waals surface area (Å²) in [5.41, 5.74) is 0.891. The van der Waals surface area contributed by atoms with Crippen LogP contribution >= 0.6 is 11.6 Å². The topological polar surface area (TPSA) is 87.2 Å². The lowest BCUT2D eigenvalue weighted by molar-refractivity contribution is -0.147. The third kappa shape index (κ3) is 4.53. The van der Waals surface area contributed by atoms with Crippen LogP contribution in [0.15, 0.2) is 18.2 Å². The van der Waals surface area contributed by atoms with E-state index >= 15 is 0 Å². The fraction of sp³-hybridized carbons (Fsp3) is 0.526. The first-order chi connectivity index (χ1) is 12.8. The quantitative estimate of drug-likeness (QED) is 0.839. The van der Waals surface area contributed by atoms with Gasteiger partial charge in [-0.15, -0.1) is 0 Å². The molecule has 1 saturated heterocycles. The average molecular weight is 395 g/mol. The molecule has 0 spiro atoms. The highest BCUT2D eigenvalue weighted by Gasteiger charge is 2.31. The molecule has 1 aromatic carbocycles. The third-order valence-electron chi connectivity index (χ3n) is 5.22. The number of amides is 2. The Morgan fingerprint density at radius 2 is 1.96 bits per heavy atom. The highest BCUT2D eigenvalue weighted by Crippen LogP contribution is 2.30. The maximum absolute atomic E-state index is 12.7. The van der Waals surface area contributed by atoms with E-state index in [0.717, 1.165) is 11.3 Å². The summed E-state index contributed by atoms with van der Waals surface area (Å²) in [6, 6.07) is 5.35. The van der Waals surface area contributed by atoms with Gasteiger partial charge in [-0.1, -0.05) is 11.6 Å². The minimum Gasteiger partial charge on any atom is -0.492 e. The standard InChI is InChI=1S/C19H23ClN2O5/c1-21(10-17(23)22-6-4-12(5-7-22)19(25)26)18(24)14-8-13-9-15(20)2-3-16(13)27-11-14/h2-3,9,12,14H,4-8,10-11H2,1H3,(H,25,26). The maximum Gasteiger partial charge on any atom is 0.306 e. The predicted octanol–water partition coefficient (Wildman–Crippen LogP) is 1.67. The van der Waals surface area contributed by atoms with E-state index in [1.165, 1.54) is 4.90 Å². The average Bonchev–Trinajstić information content (AvgIpc) is 2.66. The van der Waals surface area contributed by atoms with Crippen LogP contribution in [0.2, 0.25) is 5.02 Å². The van der Waals surface area contributed by atoms with Crippen LogP contribution in [-0.4, -0.2) is 66.0 Å². The second-order valence-corrected chi connectivity index (χ2v) is 7.59. The van der Waals surface area contributed by atoms with Crippen molar-refractivity contribution in [1.82, 2.24) is 9.80 Å². The first-order valence-electron chi connectivity index (χ1n) is 9.02. The van der Waals surface area contributed by atoms with Gasteiger partial charge in [0, 0.05) is 25.2 Å². The number of carboxylic acid groups (broad SMARTS) is 1. The van der Waals surface area contributed by atoms with Crippen molar-refractivity contribution >= 4 is 29.4 Å². The molecule has 1 atom stereocenters. The molecular formula is C19H23ClN2O5. The van der Waals surface area contributed by atoms with Gasteiger partial charge in [0.15, 0.2) is 0 Å². The zero-order valence-corrected chi connectivity index (χ0v) is 15.9. The molecule has 7 nitrogen and oxygen atoms in total. The minimum atomic E-state index is -0.813. The van der Waals surface area contributed by atoms with Gasteiger partial charge in [0.05, 0.1) is 18.4 Å². The van der Waals surface area contributed by atoms with Crippen molar-refractivity contribution in [3.63, 3.8) is 0 Å². The third-order valence-corrected chi connectivity index (χ3v) is 5.46. The van der Waals surface area contributed by atoms with Gasteiger partial charge in [0.2, 0.25) is 11.8 Å². The number of fused-ring (bicyclic) bond motifs is 1. The van der Waals surface area contributed by atoms with Crippen molar-refractivity contribution in [2.75, 3.05) is 33.3 Å². The molecule has 1 aromatic rings. The number of carboxylic acids is 1. The number of likely N-dealkylation sites (N-methyl/N-ethyl adjacent to an activating group) is 1. The number of carbonyl (C=O) groups excluding carboxylic acids is 2. The summed E-state index contributed by atoms with van der Waals surface area (Å²) in [7, 11) is 1.61. The van der Waals surface area contributed by atoms with E-state index in [0.29, 0.717) is 37.4 Å². The number of piperidine rings is 1. The minimum absolute atomic E-state index is 0.0184. The van der Waals surface area contributed by atoms with Crippen molar-refractivity contribution in [3.05, 3.63) is 28.8 Å². The Morgan fingerprint density at radius 3 is 2.63 bits per heavy atom. The van der Waals surface area contributed by atoms with Crippen molar-refractivity contribution < 1.29 is 24.2 Å². The zero-order chi connectivity index (χ0) is 19.6. The lowest BCUT2D eigenvalue weighted by atomic mass is 9.95. The number of ether oxygens (including phenoxy) is 1. The largest absolute Gasteiger partial charge is 0.492 e. The van der Waals surface area contributed by atoms with Gasteiger partial charge < -0.3 is 19.6 Å². The number of aliphatic carboxylic acids is 1. The van der Waals surface area contributed by atoms with E-state index < -0.39 is 5.97 Å². The summed E-state index contributed by atoms with van der Waals surface area (Å²) in [4.78, 5) is 39.2. The molecule has 27 heavy (non-hydrogen) atoms. The molecule has 8 heteroatoms. The summed E-state index contributed by atoms with van der Waals surface area (Å²) in [5.74, 6) is -1.12. The molecule has 0 radical (unpaired) electrons. The van der Waals surface area contributed by atoms with Gasteiger partial charge in [-0.25, -0.2) is 0 Å². The predicted molar refractivity (Wildman–Crippen MR) is 98.7 cm³/mol. The van der Waals surface area contributed by atoms with E-state index in [4.69, 9.17) is 21.4 Å². The van der Waals surface area contributed by atoms with Crippen LogP contribution in [0.25, 0.3) is 0 Å². The highest BCUT2D eigenvalue weighted by atomic mass is 35.5. The molecular weight excluding hydrogens is 372 g/mol. The first-order valence-corrected chi connectivity index (χ1v) is 9.39. The number of nitrogens with zero attached hydrogens (tertiary/aromatic N) is 2. The molecule has 0 aliphatic carbocycles. The lowest BCUT2D eigenvalue weighted by Crippen LogP contribution is -2.47. The van der Waals surface area contributed by atoms with Gasteiger partial charge in [-0.3, -0.25) is 14.4 Å². The second-order valence-electron chi connectivity index (χ2n) is 7.15. The Balaban J connectivity index is 1.53. The molecule has 2 aliphatic rings. The molecule has 1 fully saturated rings. The van der Waals surface area contributed by atoms with Crippen molar-refractivity contribution in [2.45, 2.75) is 19.3 Å². The molecule has 1 N–H and O–H groups in total. The Kier molecular flexibility index (Phi) is 5.89. The smallest absolute Gasteiger partial charge is 0.306 e. The molecule has 3 rings (SSSR count). The van der Waals surface area contributed by atoms with E-state index in [2.05, 4.69) is 0 Å². The van der Waals surface area contributed by atoms with Crippen LogP contribution in [0.1, 0.15) is 18.4 Å². The van der Waals surface area contributed by atoms with Crippen molar-refractivity contribution in [3.8, 4) is 5.75 Å². The summed E-state index contributed by atoms with van der Waals surface area (Å²) in [5, 5.41) is 9.63. The normalized spacial score (nSPS) is 19.8. The number of carbonyl (C=O) groups is 3. The maximum atomic E-state index is 12.7. The Hall–Kier alpha value is -2.28. The van der Waals surface area contributed by atoms with E-state index in [-0.39, 0.29) is 36.8 Å². The van der Waals surface area contributed by atoms with Crippen molar-refractivity contribution in [1.29, 1.82) is 0 Å². The van der Waals surface area contributed by atoms with Crippen LogP contribution in [-0.2, 0) is 20.8 Å². The fourth-order valence-electron chi connectivity index (χ4n) is 3.59. The Labute approximate surface area is 162 Å². The number of rotatable bonds is 4. The summed E-state index contributed by atoms with van der Waals surface area (Å²) in [6.45, 7) is 1.08. The van der Waals surface area contributed by atoms with Crippen LogP contribution in [0.5, 0.6) is 5.75 Å². The number of halogens is 1. The molecule has 0 bridgehead atoms. The SMILES string of the molecule is CN(CC(=O)N1CCC(C(=O)O)CC1)C(=O)C1COc2ccc(Cl)cc2C1. The van der Waals surface area contributed by atoms with Crippen LogP contribution in [0.3, 0.4) is 0 Å². The second kappa shape index (κ2) is 8.17. The van der Waals surface area contributed by atoms with E-state index in [1.807, 2.05) is 0 Å². The Bertz CT molecular complexity index is 746. The van der Waals surface area contributed by atoms with Gasteiger partial charge in [-0.2, -0.15) is 0 Å². The van der Waals surface area contributed by atoms with Crippen LogP contribution in [0.4, 0.5) is 0 Å². The summed E-state index contributed by atoms with van der Waals surface area (Å²) in [6.07, 6.45) is 1.43. The van der Waals surface area contributed by atoms with Gasteiger partial charge in [0.1, 0.15) is 12.4 Å². The van der Waals surface area contributed by atoms with Crippen LogP contribution in [0, 0.1) is 11.8 Å². The number of hydrogen-bond acceptors (Lipinski definition) is 4. The van der Waals surface area contributed by atoms with Gasteiger partial charge >= 0.3 is 5.97 Å². The van der Waals surface area contributed by atoms with Gasteiger partial charge in [-0.05, 0) is 43.0 Å².